The molecule has 0 spiro atoms. The van der Waals surface area contributed by atoms with Crippen molar-refractivity contribution in [2.24, 2.45) is 0 Å². The summed E-state index contributed by atoms with van der Waals surface area (Å²) in [6.07, 6.45) is 2.22. The van der Waals surface area contributed by atoms with E-state index >= 15 is 0 Å². The molecule has 0 unspecified atom stereocenters. The SMILES string of the molecule is Oc1ccc(-c2ccccc2C(=Cc2ccccc2)c2ccccc2-c2ccc(O)cc2)cc1. The van der Waals surface area contributed by atoms with Crippen LogP contribution in [0.3, 0.4) is 0 Å². The van der Waals surface area contributed by atoms with E-state index in [4.69, 9.17) is 0 Å². The fourth-order valence-corrected chi connectivity index (χ4v) is 4.24. The van der Waals surface area contributed by atoms with Gasteiger partial charge in [-0.2, -0.15) is 0 Å². The highest BCUT2D eigenvalue weighted by atomic mass is 16.3. The molecule has 0 saturated carbocycles. The van der Waals surface area contributed by atoms with E-state index in [0.29, 0.717) is 0 Å². The molecule has 0 aromatic heterocycles. The lowest BCUT2D eigenvalue weighted by atomic mass is 9.86. The van der Waals surface area contributed by atoms with Gasteiger partial charge in [0.2, 0.25) is 0 Å². The first-order valence-electron chi connectivity index (χ1n) is 11.2. The number of phenolic OH excluding ortho intramolecular Hbond substituents is 2. The number of hydrogen-bond donors (Lipinski definition) is 2. The molecule has 2 N–H and O–H groups in total. The lowest BCUT2D eigenvalue weighted by Crippen LogP contribution is -1.95. The summed E-state index contributed by atoms with van der Waals surface area (Å²) in [6, 6.07) is 41.7. The normalized spacial score (nSPS) is 10.6. The van der Waals surface area contributed by atoms with Crippen LogP contribution in [0.15, 0.2) is 127 Å². The van der Waals surface area contributed by atoms with Crippen molar-refractivity contribution in [2.75, 3.05) is 0 Å². The highest BCUT2D eigenvalue weighted by molar-refractivity contribution is 6.00. The van der Waals surface area contributed by atoms with Crippen LogP contribution in [0.25, 0.3) is 33.9 Å². The number of rotatable bonds is 5. The van der Waals surface area contributed by atoms with Gasteiger partial charge in [0.1, 0.15) is 11.5 Å². The monoisotopic (exact) mass is 440 g/mol. The Morgan fingerprint density at radius 3 is 1.32 bits per heavy atom. The minimum Gasteiger partial charge on any atom is -0.508 e. The van der Waals surface area contributed by atoms with Gasteiger partial charge in [-0.3, -0.25) is 0 Å². The topological polar surface area (TPSA) is 40.5 Å². The molecule has 5 aromatic carbocycles. The minimum atomic E-state index is 0.249. The van der Waals surface area contributed by atoms with Crippen LogP contribution < -0.4 is 0 Å². The summed E-state index contributed by atoms with van der Waals surface area (Å²) in [4.78, 5) is 0. The molecule has 5 aromatic rings. The molecule has 2 nitrogen and oxygen atoms in total. The van der Waals surface area contributed by atoms with Gasteiger partial charge in [-0.1, -0.05) is 103 Å². The van der Waals surface area contributed by atoms with E-state index < -0.39 is 0 Å². The van der Waals surface area contributed by atoms with Crippen molar-refractivity contribution in [1.82, 2.24) is 0 Å². The van der Waals surface area contributed by atoms with Gasteiger partial charge in [-0.15, -0.1) is 0 Å². The second kappa shape index (κ2) is 9.51. The second-order valence-corrected chi connectivity index (χ2v) is 8.15. The fourth-order valence-electron chi connectivity index (χ4n) is 4.24. The summed E-state index contributed by atoms with van der Waals surface area (Å²) < 4.78 is 0. The predicted molar refractivity (Wildman–Crippen MR) is 141 cm³/mol. The van der Waals surface area contributed by atoms with Crippen molar-refractivity contribution in [3.05, 3.63) is 144 Å². The molecule has 0 fully saturated rings. The number of benzene rings is 5. The molecule has 0 saturated heterocycles. The zero-order valence-corrected chi connectivity index (χ0v) is 18.6. The summed E-state index contributed by atoms with van der Waals surface area (Å²) >= 11 is 0. The van der Waals surface area contributed by atoms with Gasteiger partial charge in [0.15, 0.2) is 0 Å². The third-order valence-corrected chi connectivity index (χ3v) is 5.90. The van der Waals surface area contributed by atoms with Gasteiger partial charge < -0.3 is 10.2 Å². The highest BCUT2D eigenvalue weighted by Gasteiger charge is 2.16. The lowest BCUT2D eigenvalue weighted by Gasteiger charge is -2.18. The van der Waals surface area contributed by atoms with Gasteiger partial charge >= 0.3 is 0 Å². The molecule has 34 heavy (non-hydrogen) atoms. The van der Waals surface area contributed by atoms with E-state index in [1.54, 1.807) is 24.3 Å². The molecular formula is C32H24O2. The molecule has 0 bridgehead atoms. The number of phenols is 2. The Bertz CT molecular complexity index is 1340. The highest BCUT2D eigenvalue weighted by Crippen LogP contribution is 2.39. The Hall–Kier alpha value is -4.56. The maximum Gasteiger partial charge on any atom is 0.115 e. The van der Waals surface area contributed by atoms with Crippen molar-refractivity contribution < 1.29 is 10.2 Å². The van der Waals surface area contributed by atoms with Gasteiger partial charge in [-0.05, 0) is 74.9 Å². The van der Waals surface area contributed by atoms with Crippen LogP contribution in [0.5, 0.6) is 11.5 Å². The van der Waals surface area contributed by atoms with E-state index in [1.807, 2.05) is 54.6 Å². The first-order chi connectivity index (χ1) is 16.7. The van der Waals surface area contributed by atoms with Crippen molar-refractivity contribution in [3.8, 4) is 33.8 Å². The smallest absolute Gasteiger partial charge is 0.115 e. The Morgan fingerprint density at radius 1 is 0.441 bits per heavy atom. The van der Waals surface area contributed by atoms with Crippen LogP contribution >= 0.6 is 0 Å². The van der Waals surface area contributed by atoms with Gasteiger partial charge in [0.25, 0.3) is 0 Å². The third kappa shape index (κ3) is 4.48. The molecule has 164 valence electrons. The van der Waals surface area contributed by atoms with Crippen LogP contribution in [0.4, 0.5) is 0 Å². The Morgan fingerprint density at radius 2 is 0.853 bits per heavy atom. The summed E-state index contributed by atoms with van der Waals surface area (Å²) in [7, 11) is 0. The molecular weight excluding hydrogens is 416 g/mol. The van der Waals surface area contributed by atoms with E-state index in [9.17, 15) is 10.2 Å². The molecule has 0 aliphatic rings. The molecule has 0 aliphatic carbocycles. The lowest BCUT2D eigenvalue weighted by molar-refractivity contribution is 0.475. The quantitative estimate of drug-likeness (QED) is 0.272. The molecule has 5 rings (SSSR count). The third-order valence-electron chi connectivity index (χ3n) is 5.90. The van der Waals surface area contributed by atoms with E-state index in [1.165, 1.54) is 0 Å². The Labute approximate surface area is 199 Å². The number of aromatic hydroxyl groups is 2. The zero-order chi connectivity index (χ0) is 23.3. The Kier molecular flexibility index (Phi) is 5.96. The average Bonchev–Trinajstić information content (AvgIpc) is 2.89. The van der Waals surface area contributed by atoms with Crippen LogP contribution in [0.2, 0.25) is 0 Å². The summed E-state index contributed by atoms with van der Waals surface area (Å²) in [5.74, 6) is 0.498. The molecule has 2 heteroatoms. The van der Waals surface area contributed by atoms with Gasteiger partial charge in [0.05, 0.1) is 0 Å². The maximum absolute atomic E-state index is 9.81. The van der Waals surface area contributed by atoms with Crippen molar-refractivity contribution in [2.45, 2.75) is 0 Å². The molecule has 0 heterocycles. The van der Waals surface area contributed by atoms with Crippen molar-refractivity contribution in [1.29, 1.82) is 0 Å². The van der Waals surface area contributed by atoms with E-state index in [2.05, 4.69) is 54.6 Å². The van der Waals surface area contributed by atoms with Crippen LogP contribution in [-0.4, -0.2) is 10.2 Å². The fraction of sp³-hybridized carbons (Fsp3) is 0. The molecule has 0 radical (unpaired) electrons. The minimum absolute atomic E-state index is 0.249. The van der Waals surface area contributed by atoms with Gasteiger partial charge in [0, 0.05) is 0 Å². The van der Waals surface area contributed by atoms with Crippen LogP contribution in [-0.2, 0) is 0 Å². The average molecular weight is 441 g/mol. The first-order valence-corrected chi connectivity index (χ1v) is 11.2. The predicted octanol–water partition coefficient (Wildman–Crippen LogP) is 8.02. The van der Waals surface area contributed by atoms with Gasteiger partial charge in [-0.25, -0.2) is 0 Å². The Balaban J connectivity index is 1.76. The zero-order valence-electron chi connectivity index (χ0n) is 18.6. The first kappa shape index (κ1) is 21.3. The van der Waals surface area contributed by atoms with Crippen LogP contribution in [0, 0.1) is 0 Å². The van der Waals surface area contributed by atoms with E-state index in [0.717, 1.165) is 44.5 Å². The summed E-state index contributed by atoms with van der Waals surface area (Å²) in [5.41, 5.74) is 8.66. The molecule has 0 amide bonds. The molecule has 0 atom stereocenters. The van der Waals surface area contributed by atoms with Crippen molar-refractivity contribution >= 4 is 11.6 Å². The maximum atomic E-state index is 9.81. The summed E-state index contributed by atoms with van der Waals surface area (Å²) in [5, 5.41) is 19.6. The largest absolute Gasteiger partial charge is 0.508 e. The van der Waals surface area contributed by atoms with E-state index in [-0.39, 0.29) is 11.5 Å². The summed E-state index contributed by atoms with van der Waals surface area (Å²) in [6.45, 7) is 0. The van der Waals surface area contributed by atoms with Crippen LogP contribution in [0.1, 0.15) is 16.7 Å². The standard InChI is InChI=1S/C32H24O2/c33-26-18-14-24(15-19-26)28-10-4-6-12-30(28)32(22-23-8-2-1-3-9-23)31-13-7-5-11-29(31)25-16-20-27(34)21-17-25/h1-22,33-34H. The second-order valence-electron chi connectivity index (χ2n) is 8.15. The molecule has 0 aliphatic heterocycles. The van der Waals surface area contributed by atoms with Crippen molar-refractivity contribution in [3.63, 3.8) is 0 Å². The number of hydrogen-bond acceptors (Lipinski definition) is 2.